The molecule has 0 radical (unpaired) electrons. The van der Waals surface area contributed by atoms with Gasteiger partial charge in [-0.1, -0.05) is 29.8 Å². The van der Waals surface area contributed by atoms with Crippen LogP contribution in [0.15, 0.2) is 36.5 Å². The number of aryl methyl sites for hydroxylation is 1. The predicted molar refractivity (Wildman–Crippen MR) is 66.4 cm³/mol. The highest BCUT2D eigenvalue weighted by Crippen LogP contribution is 2.21. The van der Waals surface area contributed by atoms with Crippen LogP contribution < -0.4 is 0 Å². The molecule has 0 aliphatic carbocycles. The third-order valence-corrected chi connectivity index (χ3v) is 2.80. The molecular formula is C12H9ClN4. The quantitative estimate of drug-likeness (QED) is 0.661. The average molecular weight is 245 g/mol. The van der Waals surface area contributed by atoms with E-state index in [9.17, 15) is 0 Å². The molecular weight excluding hydrogens is 236 g/mol. The first-order chi connectivity index (χ1) is 8.25. The van der Waals surface area contributed by atoms with Crippen LogP contribution in [0.3, 0.4) is 0 Å². The van der Waals surface area contributed by atoms with Crippen molar-refractivity contribution in [3.8, 4) is 5.82 Å². The Morgan fingerprint density at radius 3 is 2.88 bits per heavy atom. The molecule has 84 valence electrons. The van der Waals surface area contributed by atoms with Gasteiger partial charge < -0.3 is 0 Å². The maximum atomic E-state index is 5.91. The van der Waals surface area contributed by atoms with Crippen LogP contribution in [0, 0.1) is 6.92 Å². The number of fused-ring (bicyclic) bond motifs is 1. The van der Waals surface area contributed by atoms with Crippen molar-refractivity contribution < 1.29 is 0 Å². The number of hydrogen-bond acceptors (Lipinski definition) is 3. The minimum Gasteiger partial charge on any atom is -0.213 e. The fraction of sp³-hybridized carbons (Fsp3) is 0.0833. The molecule has 0 amide bonds. The number of rotatable bonds is 1. The van der Waals surface area contributed by atoms with Gasteiger partial charge in [-0.05, 0) is 13.0 Å². The van der Waals surface area contributed by atoms with Crippen LogP contribution in [-0.2, 0) is 0 Å². The Bertz CT molecular complexity index is 690. The van der Waals surface area contributed by atoms with Crippen LogP contribution in [0.1, 0.15) is 5.69 Å². The van der Waals surface area contributed by atoms with E-state index in [1.807, 2.05) is 31.2 Å². The maximum Gasteiger partial charge on any atom is 0.177 e. The van der Waals surface area contributed by atoms with E-state index >= 15 is 0 Å². The summed E-state index contributed by atoms with van der Waals surface area (Å²) in [6, 6.07) is 9.74. The Labute approximate surface area is 103 Å². The fourth-order valence-corrected chi connectivity index (χ4v) is 1.97. The zero-order valence-electron chi connectivity index (χ0n) is 9.13. The lowest BCUT2D eigenvalue weighted by Crippen LogP contribution is -2.00. The Balaban J connectivity index is 2.31. The summed E-state index contributed by atoms with van der Waals surface area (Å²) in [5.41, 5.74) is 1.96. The molecule has 2 heterocycles. The van der Waals surface area contributed by atoms with E-state index in [1.54, 1.807) is 10.7 Å². The van der Waals surface area contributed by atoms with Gasteiger partial charge in [0.1, 0.15) is 0 Å². The fourth-order valence-electron chi connectivity index (χ4n) is 1.83. The SMILES string of the molecule is Cc1nn(-c2cc(Cl)cnn2)c2ccccc12. The number of nitrogens with zero attached hydrogens (tertiary/aromatic N) is 4. The summed E-state index contributed by atoms with van der Waals surface area (Å²) >= 11 is 5.91. The molecule has 0 aliphatic heterocycles. The molecule has 4 nitrogen and oxygen atoms in total. The number of para-hydroxylation sites is 1. The first-order valence-corrected chi connectivity index (χ1v) is 5.56. The number of aromatic nitrogens is 4. The van der Waals surface area contributed by atoms with Gasteiger partial charge in [-0.2, -0.15) is 10.2 Å². The predicted octanol–water partition coefficient (Wildman–Crippen LogP) is 2.78. The van der Waals surface area contributed by atoms with Crippen LogP contribution in [0.4, 0.5) is 0 Å². The monoisotopic (exact) mass is 244 g/mol. The number of benzene rings is 1. The molecule has 3 rings (SSSR count). The Morgan fingerprint density at radius 1 is 1.24 bits per heavy atom. The highest BCUT2D eigenvalue weighted by atomic mass is 35.5. The Hall–Kier alpha value is -1.94. The van der Waals surface area contributed by atoms with Gasteiger partial charge in [-0.25, -0.2) is 4.68 Å². The maximum absolute atomic E-state index is 5.91. The first kappa shape index (κ1) is 10.2. The largest absolute Gasteiger partial charge is 0.213 e. The lowest BCUT2D eigenvalue weighted by Gasteiger charge is -2.01. The minimum absolute atomic E-state index is 0.548. The van der Waals surface area contributed by atoms with E-state index < -0.39 is 0 Å². The van der Waals surface area contributed by atoms with Gasteiger partial charge in [0.15, 0.2) is 5.82 Å². The molecule has 0 saturated heterocycles. The van der Waals surface area contributed by atoms with Crippen molar-refractivity contribution in [2.75, 3.05) is 0 Å². The van der Waals surface area contributed by atoms with E-state index in [4.69, 9.17) is 11.6 Å². The van der Waals surface area contributed by atoms with Gasteiger partial charge in [-0.3, -0.25) is 0 Å². The zero-order valence-corrected chi connectivity index (χ0v) is 9.89. The van der Waals surface area contributed by atoms with Crippen LogP contribution in [0.2, 0.25) is 5.02 Å². The van der Waals surface area contributed by atoms with E-state index in [-0.39, 0.29) is 0 Å². The van der Waals surface area contributed by atoms with Crippen molar-refractivity contribution in [2.24, 2.45) is 0 Å². The molecule has 3 aromatic rings. The van der Waals surface area contributed by atoms with Gasteiger partial charge in [-0.15, -0.1) is 5.10 Å². The summed E-state index contributed by atoms with van der Waals surface area (Å²) in [4.78, 5) is 0. The van der Waals surface area contributed by atoms with E-state index in [0.29, 0.717) is 10.8 Å². The van der Waals surface area contributed by atoms with Gasteiger partial charge in [0.25, 0.3) is 0 Å². The van der Waals surface area contributed by atoms with Crippen molar-refractivity contribution in [3.05, 3.63) is 47.2 Å². The molecule has 0 aliphatic rings. The highest BCUT2D eigenvalue weighted by molar-refractivity contribution is 6.30. The Morgan fingerprint density at radius 2 is 2.06 bits per heavy atom. The summed E-state index contributed by atoms with van der Waals surface area (Å²) in [6.07, 6.45) is 1.50. The smallest absolute Gasteiger partial charge is 0.177 e. The third kappa shape index (κ3) is 1.66. The lowest BCUT2D eigenvalue weighted by molar-refractivity contribution is 0.824. The second kappa shape index (κ2) is 3.82. The van der Waals surface area contributed by atoms with E-state index in [0.717, 1.165) is 16.6 Å². The minimum atomic E-state index is 0.548. The van der Waals surface area contributed by atoms with Gasteiger partial charge in [0, 0.05) is 11.5 Å². The van der Waals surface area contributed by atoms with Gasteiger partial charge >= 0.3 is 0 Å². The zero-order chi connectivity index (χ0) is 11.8. The Kier molecular flexibility index (Phi) is 2.30. The van der Waals surface area contributed by atoms with Crippen molar-refractivity contribution in [3.63, 3.8) is 0 Å². The molecule has 0 bridgehead atoms. The summed E-state index contributed by atoms with van der Waals surface area (Å²) in [5.74, 6) is 0.627. The van der Waals surface area contributed by atoms with Crippen molar-refractivity contribution in [1.29, 1.82) is 0 Å². The molecule has 5 heteroatoms. The van der Waals surface area contributed by atoms with Crippen LogP contribution in [0.25, 0.3) is 16.7 Å². The summed E-state index contributed by atoms with van der Waals surface area (Å²) in [5, 5.41) is 14.0. The molecule has 0 spiro atoms. The normalized spacial score (nSPS) is 10.9. The first-order valence-electron chi connectivity index (χ1n) is 5.18. The molecule has 0 atom stereocenters. The highest BCUT2D eigenvalue weighted by Gasteiger charge is 2.09. The van der Waals surface area contributed by atoms with E-state index in [1.165, 1.54) is 6.20 Å². The van der Waals surface area contributed by atoms with Crippen molar-refractivity contribution >= 4 is 22.5 Å². The topological polar surface area (TPSA) is 43.6 Å². The second-order valence-corrected chi connectivity index (χ2v) is 4.18. The lowest BCUT2D eigenvalue weighted by atomic mass is 10.2. The summed E-state index contributed by atoms with van der Waals surface area (Å²) in [6.45, 7) is 1.97. The molecule has 2 aromatic heterocycles. The van der Waals surface area contributed by atoms with Gasteiger partial charge in [0.2, 0.25) is 0 Å². The van der Waals surface area contributed by atoms with Crippen LogP contribution in [-0.4, -0.2) is 20.0 Å². The van der Waals surface area contributed by atoms with Crippen molar-refractivity contribution in [1.82, 2.24) is 20.0 Å². The average Bonchev–Trinajstić information content (AvgIpc) is 2.68. The molecule has 1 aromatic carbocycles. The van der Waals surface area contributed by atoms with Crippen LogP contribution >= 0.6 is 11.6 Å². The third-order valence-electron chi connectivity index (χ3n) is 2.60. The molecule has 0 saturated carbocycles. The molecule has 0 fully saturated rings. The van der Waals surface area contributed by atoms with Crippen molar-refractivity contribution in [2.45, 2.75) is 6.92 Å². The van der Waals surface area contributed by atoms with Crippen LogP contribution in [0.5, 0.6) is 0 Å². The van der Waals surface area contributed by atoms with E-state index in [2.05, 4.69) is 15.3 Å². The standard InChI is InChI=1S/C12H9ClN4/c1-8-10-4-2-3-5-11(10)17(16-8)12-6-9(13)7-14-15-12/h2-7H,1H3. The second-order valence-electron chi connectivity index (χ2n) is 3.75. The molecule has 0 unspecified atom stereocenters. The number of hydrogen-bond donors (Lipinski definition) is 0. The molecule has 17 heavy (non-hydrogen) atoms. The molecule has 0 N–H and O–H groups in total. The van der Waals surface area contributed by atoms with Gasteiger partial charge in [0.05, 0.1) is 22.4 Å². The summed E-state index contributed by atoms with van der Waals surface area (Å²) in [7, 11) is 0. The number of halogens is 1. The summed E-state index contributed by atoms with van der Waals surface area (Å²) < 4.78 is 1.75.